The maximum Gasteiger partial charge on any atom is 0.419 e. The van der Waals surface area contributed by atoms with Crippen molar-refractivity contribution in [3.63, 3.8) is 0 Å². The first-order valence-corrected chi connectivity index (χ1v) is 6.67. The minimum atomic E-state index is -5.25. The summed E-state index contributed by atoms with van der Waals surface area (Å²) in [5, 5.41) is 0. The molecular weight excluding hydrogens is 314 g/mol. The molecule has 22 heavy (non-hydrogen) atoms. The van der Waals surface area contributed by atoms with E-state index in [1.54, 1.807) is 0 Å². The number of benzene rings is 1. The zero-order valence-corrected chi connectivity index (χ0v) is 11.3. The normalized spacial score (nSPS) is 16.6. The lowest BCUT2D eigenvalue weighted by molar-refractivity contribution is -0.140. The van der Waals surface area contributed by atoms with Crippen LogP contribution in [0.25, 0.3) is 0 Å². The van der Waals surface area contributed by atoms with E-state index in [4.69, 9.17) is 4.74 Å². The molecule has 0 saturated heterocycles. The van der Waals surface area contributed by atoms with Crippen LogP contribution >= 0.6 is 0 Å². The Morgan fingerprint density at radius 2 is 1.59 bits per heavy atom. The maximum atomic E-state index is 13.6. The Labute approximate surface area is 122 Å². The number of carbonyl (C=O) groups is 1. The molecule has 0 N–H and O–H groups in total. The summed E-state index contributed by atoms with van der Waals surface area (Å²) in [5.74, 6) is -8.12. The Morgan fingerprint density at radius 1 is 1.00 bits per heavy atom. The van der Waals surface area contributed by atoms with E-state index in [1.807, 2.05) is 0 Å². The van der Waals surface area contributed by atoms with Crippen molar-refractivity contribution < 1.29 is 35.9 Å². The fourth-order valence-corrected chi connectivity index (χ4v) is 2.36. The highest BCUT2D eigenvalue weighted by atomic mass is 19.4. The molecule has 0 amide bonds. The SMILES string of the molecule is O=C(OC1CCCCC1)c1cc(C(F)(F)F)c(F)c(F)c1F. The molecule has 1 aromatic carbocycles. The van der Waals surface area contributed by atoms with E-state index in [1.165, 1.54) is 0 Å². The van der Waals surface area contributed by atoms with Gasteiger partial charge in [-0.15, -0.1) is 0 Å². The smallest absolute Gasteiger partial charge is 0.419 e. The van der Waals surface area contributed by atoms with Gasteiger partial charge in [0.25, 0.3) is 0 Å². The van der Waals surface area contributed by atoms with Gasteiger partial charge in [-0.05, 0) is 31.7 Å². The summed E-state index contributed by atoms with van der Waals surface area (Å²) in [4.78, 5) is 11.8. The molecule has 0 aromatic heterocycles. The lowest BCUT2D eigenvalue weighted by atomic mass is 9.98. The fourth-order valence-electron chi connectivity index (χ4n) is 2.36. The zero-order valence-electron chi connectivity index (χ0n) is 11.3. The van der Waals surface area contributed by atoms with Crippen molar-refractivity contribution in [2.75, 3.05) is 0 Å². The third-order valence-corrected chi connectivity index (χ3v) is 3.50. The molecule has 0 bridgehead atoms. The van der Waals surface area contributed by atoms with E-state index in [-0.39, 0.29) is 6.07 Å². The number of alkyl halides is 3. The van der Waals surface area contributed by atoms with Crippen molar-refractivity contribution in [2.45, 2.75) is 44.4 Å². The van der Waals surface area contributed by atoms with Gasteiger partial charge >= 0.3 is 12.1 Å². The van der Waals surface area contributed by atoms with Crippen molar-refractivity contribution in [1.82, 2.24) is 0 Å². The van der Waals surface area contributed by atoms with E-state index < -0.39 is 46.8 Å². The molecule has 0 aliphatic heterocycles. The average Bonchev–Trinajstić information content (AvgIpc) is 2.44. The molecule has 0 unspecified atom stereocenters. The van der Waals surface area contributed by atoms with Gasteiger partial charge in [-0.2, -0.15) is 13.2 Å². The van der Waals surface area contributed by atoms with Crippen LogP contribution in [-0.2, 0) is 10.9 Å². The summed E-state index contributed by atoms with van der Waals surface area (Å²) >= 11 is 0. The highest BCUT2D eigenvalue weighted by molar-refractivity contribution is 5.90. The quantitative estimate of drug-likeness (QED) is 0.451. The summed E-state index contributed by atoms with van der Waals surface area (Å²) in [5.41, 5.74) is -3.29. The van der Waals surface area contributed by atoms with Gasteiger partial charge in [-0.1, -0.05) is 6.42 Å². The topological polar surface area (TPSA) is 26.3 Å². The predicted molar refractivity (Wildman–Crippen MR) is 63.6 cm³/mol. The fraction of sp³-hybridized carbons (Fsp3) is 0.500. The van der Waals surface area contributed by atoms with Crippen LogP contribution in [0, 0.1) is 17.5 Å². The van der Waals surface area contributed by atoms with Crippen LogP contribution in [0.3, 0.4) is 0 Å². The van der Waals surface area contributed by atoms with Crippen molar-refractivity contribution in [3.8, 4) is 0 Å². The van der Waals surface area contributed by atoms with Gasteiger partial charge in [-0.3, -0.25) is 0 Å². The van der Waals surface area contributed by atoms with Crippen LogP contribution < -0.4 is 0 Å². The van der Waals surface area contributed by atoms with Gasteiger partial charge in [0.1, 0.15) is 6.10 Å². The van der Waals surface area contributed by atoms with Gasteiger partial charge < -0.3 is 4.74 Å². The van der Waals surface area contributed by atoms with Crippen LogP contribution in [0.2, 0.25) is 0 Å². The largest absolute Gasteiger partial charge is 0.459 e. The van der Waals surface area contributed by atoms with E-state index in [2.05, 4.69) is 0 Å². The minimum absolute atomic E-state index is 0.0566. The molecule has 2 nitrogen and oxygen atoms in total. The highest BCUT2D eigenvalue weighted by Crippen LogP contribution is 2.34. The Hall–Kier alpha value is -1.73. The lowest BCUT2D eigenvalue weighted by Gasteiger charge is -2.22. The Balaban J connectivity index is 2.33. The van der Waals surface area contributed by atoms with Crippen LogP contribution in [0.1, 0.15) is 48.0 Å². The second-order valence-electron chi connectivity index (χ2n) is 5.08. The molecule has 8 heteroatoms. The predicted octanol–water partition coefficient (Wildman–Crippen LogP) is 4.61. The van der Waals surface area contributed by atoms with E-state index >= 15 is 0 Å². The Morgan fingerprint density at radius 3 is 2.14 bits per heavy atom. The van der Waals surface area contributed by atoms with Crippen molar-refractivity contribution in [2.24, 2.45) is 0 Å². The number of carbonyl (C=O) groups excluding carboxylic acids is 1. The highest BCUT2D eigenvalue weighted by Gasteiger charge is 2.39. The van der Waals surface area contributed by atoms with Crippen molar-refractivity contribution >= 4 is 5.97 Å². The van der Waals surface area contributed by atoms with E-state index in [0.29, 0.717) is 12.8 Å². The summed E-state index contributed by atoms with van der Waals surface area (Å²) in [7, 11) is 0. The van der Waals surface area contributed by atoms with E-state index in [0.717, 1.165) is 19.3 Å². The first-order valence-electron chi connectivity index (χ1n) is 6.67. The standard InChI is InChI=1S/C14H12F6O2/c15-10-8(13(21)22-7-4-2-1-3-5-7)6-9(14(18,19)20)11(16)12(10)17/h6-7H,1-5H2. The van der Waals surface area contributed by atoms with Gasteiger partial charge in [0.2, 0.25) is 0 Å². The molecule has 1 aromatic rings. The van der Waals surface area contributed by atoms with Gasteiger partial charge in [0.05, 0.1) is 11.1 Å². The Bertz CT molecular complexity index is 576. The van der Waals surface area contributed by atoms with E-state index in [9.17, 15) is 31.1 Å². The summed E-state index contributed by atoms with van der Waals surface area (Å²) in [6.07, 6.45) is -2.32. The second kappa shape index (κ2) is 6.18. The van der Waals surface area contributed by atoms with Gasteiger partial charge in [-0.25, -0.2) is 18.0 Å². The molecule has 122 valence electrons. The average molecular weight is 326 g/mol. The third kappa shape index (κ3) is 3.36. The minimum Gasteiger partial charge on any atom is -0.459 e. The number of rotatable bonds is 2. The molecule has 0 spiro atoms. The molecule has 1 aliphatic carbocycles. The molecule has 0 atom stereocenters. The molecule has 1 aliphatic rings. The van der Waals surface area contributed by atoms with Crippen LogP contribution in [0.15, 0.2) is 6.07 Å². The number of halogens is 6. The molecule has 0 heterocycles. The number of hydrogen-bond donors (Lipinski definition) is 0. The maximum absolute atomic E-state index is 13.6. The monoisotopic (exact) mass is 326 g/mol. The molecule has 2 rings (SSSR count). The molecule has 1 saturated carbocycles. The zero-order chi connectivity index (χ0) is 16.5. The summed E-state index contributed by atoms with van der Waals surface area (Å²) in [6.45, 7) is 0. The number of hydrogen-bond acceptors (Lipinski definition) is 2. The number of ether oxygens (including phenoxy) is 1. The van der Waals surface area contributed by atoms with Crippen LogP contribution in [0.4, 0.5) is 26.3 Å². The first kappa shape index (κ1) is 16.6. The Kier molecular flexibility index (Phi) is 4.67. The van der Waals surface area contributed by atoms with Crippen LogP contribution in [-0.4, -0.2) is 12.1 Å². The molecule has 1 fully saturated rings. The van der Waals surface area contributed by atoms with Crippen molar-refractivity contribution in [1.29, 1.82) is 0 Å². The summed E-state index contributed by atoms with van der Waals surface area (Å²) < 4.78 is 82.6. The number of esters is 1. The second-order valence-corrected chi connectivity index (χ2v) is 5.08. The molecular formula is C14H12F6O2. The van der Waals surface area contributed by atoms with Gasteiger partial charge in [0, 0.05) is 0 Å². The van der Waals surface area contributed by atoms with Crippen LogP contribution in [0.5, 0.6) is 0 Å². The molecule has 0 radical (unpaired) electrons. The lowest BCUT2D eigenvalue weighted by Crippen LogP contribution is -2.23. The third-order valence-electron chi connectivity index (χ3n) is 3.50. The first-order chi connectivity index (χ1) is 10.2. The van der Waals surface area contributed by atoms with Crippen molar-refractivity contribution in [3.05, 3.63) is 34.6 Å². The summed E-state index contributed by atoms with van der Waals surface area (Å²) in [6, 6.07) is -0.0566. The van der Waals surface area contributed by atoms with Gasteiger partial charge in [0.15, 0.2) is 17.5 Å².